The Morgan fingerprint density at radius 3 is 3.00 bits per heavy atom. The summed E-state index contributed by atoms with van der Waals surface area (Å²) in [5.74, 6) is 0.505. The molecule has 0 saturated carbocycles. The van der Waals surface area contributed by atoms with Crippen molar-refractivity contribution in [3.05, 3.63) is 18.2 Å². The fourth-order valence-corrected chi connectivity index (χ4v) is 2.09. The first kappa shape index (κ1) is 12.7. The molecular formula is C11H19N7. The van der Waals surface area contributed by atoms with Gasteiger partial charge in [-0.3, -0.25) is 0 Å². The van der Waals surface area contributed by atoms with Gasteiger partial charge in [0.2, 0.25) is 0 Å². The smallest absolute Gasteiger partial charge is 0.138 e. The van der Waals surface area contributed by atoms with Crippen molar-refractivity contribution in [2.45, 2.75) is 45.6 Å². The third-order valence-corrected chi connectivity index (χ3v) is 3.02. The van der Waals surface area contributed by atoms with Crippen LogP contribution in [0.3, 0.4) is 0 Å². The number of nitrogens with zero attached hydrogens (tertiary/aromatic N) is 6. The molecule has 2 aromatic rings. The van der Waals surface area contributed by atoms with Crippen LogP contribution in [-0.4, -0.2) is 35.6 Å². The highest BCUT2D eigenvalue weighted by molar-refractivity contribution is 4.92. The molecule has 18 heavy (non-hydrogen) atoms. The lowest BCUT2D eigenvalue weighted by molar-refractivity contribution is 0.369. The fraction of sp³-hybridized carbons (Fsp3) is 0.727. The van der Waals surface area contributed by atoms with Gasteiger partial charge in [-0.2, -0.15) is 15.4 Å². The standard InChI is InChI=1S/C11H19N7/c1-2-3-4-5-10(6-11-7-12-15-14-11)8-18-9-13-16-17-18/h7,9-10H,2-6,8H2,1H3,(H,12,14,15). The summed E-state index contributed by atoms with van der Waals surface area (Å²) in [5.41, 5.74) is 1.00. The van der Waals surface area contributed by atoms with E-state index in [1.54, 1.807) is 17.2 Å². The van der Waals surface area contributed by atoms with Crippen molar-refractivity contribution >= 4 is 0 Å². The molecule has 0 spiro atoms. The zero-order chi connectivity index (χ0) is 12.6. The van der Waals surface area contributed by atoms with E-state index < -0.39 is 0 Å². The van der Waals surface area contributed by atoms with Crippen LogP contribution in [0.5, 0.6) is 0 Å². The molecule has 7 heteroatoms. The molecule has 0 bridgehead atoms. The quantitative estimate of drug-likeness (QED) is 0.711. The van der Waals surface area contributed by atoms with E-state index in [9.17, 15) is 0 Å². The van der Waals surface area contributed by atoms with Gasteiger partial charge in [-0.1, -0.05) is 26.2 Å². The highest BCUT2D eigenvalue weighted by atomic mass is 15.5. The summed E-state index contributed by atoms with van der Waals surface area (Å²) in [6.07, 6.45) is 9.27. The van der Waals surface area contributed by atoms with E-state index in [4.69, 9.17) is 0 Å². The number of aromatic nitrogens is 7. The first-order chi connectivity index (χ1) is 8.88. The molecule has 1 atom stereocenters. The van der Waals surface area contributed by atoms with Crippen LogP contribution in [0.1, 0.15) is 38.3 Å². The van der Waals surface area contributed by atoms with Gasteiger partial charge in [0.05, 0.1) is 11.9 Å². The molecule has 98 valence electrons. The van der Waals surface area contributed by atoms with Gasteiger partial charge in [-0.15, -0.1) is 5.10 Å². The molecule has 2 rings (SSSR count). The van der Waals surface area contributed by atoms with Gasteiger partial charge in [0, 0.05) is 6.54 Å². The summed E-state index contributed by atoms with van der Waals surface area (Å²) in [5, 5.41) is 21.9. The second kappa shape index (κ2) is 6.83. The summed E-state index contributed by atoms with van der Waals surface area (Å²) in [7, 11) is 0. The van der Waals surface area contributed by atoms with Crippen LogP contribution in [0.4, 0.5) is 0 Å². The Hall–Kier alpha value is -1.79. The predicted octanol–water partition coefficient (Wildman–Crippen LogP) is 1.23. The minimum Gasteiger partial charge on any atom is -0.232 e. The van der Waals surface area contributed by atoms with E-state index in [2.05, 4.69) is 37.9 Å². The zero-order valence-electron chi connectivity index (χ0n) is 10.7. The Kier molecular flexibility index (Phi) is 4.80. The molecule has 0 aliphatic rings. The molecule has 0 amide bonds. The van der Waals surface area contributed by atoms with Crippen molar-refractivity contribution in [2.75, 3.05) is 0 Å². The Bertz CT molecular complexity index is 372. The van der Waals surface area contributed by atoms with E-state index >= 15 is 0 Å². The highest BCUT2D eigenvalue weighted by Gasteiger charge is 2.13. The Balaban J connectivity index is 1.89. The maximum absolute atomic E-state index is 4.12. The molecule has 2 aromatic heterocycles. The van der Waals surface area contributed by atoms with Crippen LogP contribution in [0.25, 0.3) is 0 Å². The van der Waals surface area contributed by atoms with E-state index in [0.29, 0.717) is 5.92 Å². The lowest BCUT2D eigenvalue weighted by Gasteiger charge is -2.14. The lowest BCUT2D eigenvalue weighted by atomic mass is 9.96. The van der Waals surface area contributed by atoms with Gasteiger partial charge >= 0.3 is 0 Å². The van der Waals surface area contributed by atoms with E-state index in [1.807, 2.05) is 0 Å². The van der Waals surface area contributed by atoms with Crippen molar-refractivity contribution in [3.63, 3.8) is 0 Å². The molecule has 2 heterocycles. The number of nitrogens with one attached hydrogen (secondary N) is 1. The maximum atomic E-state index is 4.12. The van der Waals surface area contributed by atoms with Crippen LogP contribution in [0.15, 0.2) is 12.5 Å². The van der Waals surface area contributed by atoms with Gasteiger partial charge in [0.25, 0.3) is 0 Å². The van der Waals surface area contributed by atoms with Gasteiger partial charge in [0.1, 0.15) is 6.33 Å². The predicted molar refractivity (Wildman–Crippen MR) is 65.5 cm³/mol. The molecule has 0 aliphatic heterocycles. The van der Waals surface area contributed by atoms with Crippen molar-refractivity contribution in [3.8, 4) is 0 Å². The van der Waals surface area contributed by atoms with Crippen LogP contribution < -0.4 is 0 Å². The molecule has 0 saturated heterocycles. The number of hydrogen-bond acceptors (Lipinski definition) is 5. The van der Waals surface area contributed by atoms with Gasteiger partial charge < -0.3 is 0 Å². The number of rotatable bonds is 8. The van der Waals surface area contributed by atoms with Crippen molar-refractivity contribution < 1.29 is 0 Å². The third-order valence-electron chi connectivity index (χ3n) is 3.02. The fourth-order valence-electron chi connectivity index (χ4n) is 2.09. The minimum absolute atomic E-state index is 0.505. The van der Waals surface area contributed by atoms with E-state index in [0.717, 1.165) is 18.7 Å². The van der Waals surface area contributed by atoms with Crippen molar-refractivity contribution in [2.24, 2.45) is 5.92 Å². The number of unbranched alkanes of at least 4 members (excludes halogenated alkanes) is 2. The topological polar surface area (TPSA) is 85.2 Å². The second-order valence-corrected chi connectivity index (χ2v) is 4.56. The molecule has 0 radical (unpaired) electrons. The second-order valence-electron chi connectivity index (χ2n) is 4.56. The maximum Gasteiger partial charge on any atom is 0.138 e. The molecule has 0 aromatic carbocycles. The van der Waals surface area contributed by atoms with Gasteiger partial charge in [-0.25, -0.2) is 4.68 Å². The summed E-state index contributed by atoms with van der Waals surface area (Å²) < 4.78 is 1.79. The monoisotopic (exact) mass is 249 g/mol. The summed E-state index contributed by atoms with van der Waals surface area (Å²) in [4.78, 5) is 0. The number of hydrogen-bond donors (Lipinski definition) is 1. The van der Waals surface area contributed by atoms with E-state index in [-0.39, 0.29) is 0 Å². The third kappa shape index (κ3) is 3.90. The average molecular weight is 249 g/mol. The number of H-pyrrole nitrogens is 1. The lowest BCUT2D eigenvalue weighted by Crippen LogP contribution is -2.14. The van der Waals surface area contributed by atoms with Gasteiger partial charge in [-0.05, 0) is 29.2 Å². The summed E-state index contributed by atoms with van der Waals surface area (Å²) in [6.45, 7) is 3.05. The largest absolute Gasteiger partial charge is 0.232 e. The zero-order valence-corrected chi connectivity index (χ0v) is 10.7. The molecule has 7 nitrogen and oxygen atoms in total. The number of tetrazole rings is 1. The molecule has 0 fully saturated rings. The van der Waals surface area contributed by atoms with Crippen LogP contribution in [0.2, 0.25) is 0 Å². The summed E-state index contributed by atoms with van der Waals surface area (Å²) in [6, 6.07) is 0. The summed E-state index contributed by atoms with van der Waals surface area (Å²) >= 11 is 0. The molecule has 0 aliphatic carbocycles. The van der Waals surface area contributed by atoms with Crippen molar-refractivity contribution in [1.82, 2.24) is 35.6 Å². The van der Waals surface area contributed by atoms with Gasteiger partial charge in [0.15, 0.2) is 0 Å². The average Bonchev–Trinajstić information content (AvgIpc) is 3.02. The normalized spacial score (nSPS) is 12.7. The molecule has 1 N–H and O–H groups in total. The molecular weight excluding hydrogens is 230 g/mol. The Morgan fingerprint density at radius 2 is 2.33 bits per heavy atom. The minimum atomic E-state index is 0.505. The highest BCUT2D eigenvalue weighted by Crippen LogP contribution is 2.16. The van der Waals surface area contributed by atoms with Crippen LogP contribution in [0, 0.1) is 5.92 Å². The Labute approximate surface area is 106 Å². The Morgan fingerprint density at radius 1 is 1.39 bits per heavy atom. The first-order valence-corrected chi connectivity index (χ1v) is 6.44. The SMILES string of the molecule is CCCCCC(Cc1cn[nH]n1)Cn1cnnn1. The van der Waals surface area contributed by atoms with Crippen molar-refractivity contribution in [1.29, 1.82) is 0 Å². The first-order valence-electron chi connectivity index (χ1n) is 6.44. The van der Waals surface area contributed by atoms with Crippen LogP contribution >= 0.6 is 0 Å². The molecule has 1 unspecified atom stereocenters. The number of aromatic amines is 1. The van der Waals surface area contributed by atoms with E-state index in [1.165, 1.54) is 25.7 Å². The van der Waals surface area contributed by atoms with Crippen LogP contribution in [-0.2, 0) is 13.0 Å².